The predicted molar refractivity (Wildman–Crippen MR) is 120 cm³/mol. The van der Waals surface area contributed by atoms with E-state index in [9.17, 15) is 18.1 Å². The second kappa shape index (κ2) is 18.9. The van der Waals surface area contributed by atoms with Crippen molar-refractivity contribution in [2.45, 2.75) is 147 Å². The van der Waals surface area contributed by atoms with Crippen LogP contribution in [0.3, 0.4) is 0 Å². The van der Waals surface area contributed by atoms with Crippen LogP contribution in [0.1, 0.15) is 136 Å². The highest BCUT2D eigenvalue weighted by Gasteiger charge is 2.22. The van der Waals surface area contributed by atoms with Gasteiger partial charge in [0.2, 0.25) is 0 Å². The normalized spacial score (nSPS) is 14.3. The van der Waals surface area contributed by atoms with Crippen LogP contribution in [0, 0.1) is 0 Å². The zero-order valence-corrected chi connectivity index (χ0v) is 19.5. The van der Waals surface area contributed by atoms with Gasteiger partial charge in [-0.1, -0.05) is 104 Å². The maximum absolute atomic E-state index is 11.5. The molecule has 2 unspecified atom stereocenters. The first-order chi connectivity index (χ1) is 13.4. The van der Waals surface area contributed by atoms with Crippen molar-refractivity contribution in [2.24, 2.45) is 0 Å². The summed E-state index contributed by atoms with van der Waals surface area (Å²) in [6, 6.07) is 0. The molecule has 28 heavy (non-hydrogen) atoms. The molecule has 0 aliphatic heterocycles. The van der Waals surface area contributed by atoms with Crippen LogP contribution in [-0.2, 0) is 10.1 Å². The van der Waals surface area contributed by atoms with Gasteiger partial charge in [-0.2, -0.15) is 8.42 Å². The molecule has 0 fully saturated rings. The minimum atomic E-state index is -3.97. The van der Waals surface area contributed by atoms with Crippen molar-refractivity contribution in [3.63, 3.8) is 0 Å². The molecule has 0 aromatic rings. The Kier molecular flexibility index (Phi) is 18.8. The highest BCUT2D eigenvalue weighted by molar-refractivity contribution is 7.86. The van der Waals surface area contributed by atoms with Gasteiger partial charge in [-0.25, -0.2) is 0 Å². The SMILES string of the molecule is CCCCCCCCCCCCCCCCC(CCCC(O)CC)S(=O)(=O)O. The zero-order valence-electron chi connectivity index (χ0n) is 18.7. The van der Waals surface area contributed by atoms with Gasteiger partial charge in [0.25, 0.3) is 10.1 Å². The lowest BCUT2D eigenvalue weighted by atomic mass is 10.0. The molecule has 0 aromatic heterocycles. The fraction of sp³-hybridized carbons (Fsp3) is 1.00. The molecular formula is C23H48O4S. The van der Waals surface area contributed by atoms with Crippen molar-refractivity contribution in [1.29, 1.82) is 0 Å². The molecule has 0 radical (unpaired) electrons. The molecule has 170 valence electrons. The van der Waals surface area contributed by atoms with Crippen molar-refractivity contribution < 1.29 is 18.1 Å². The number of hydrogen-bond donors (Lipinski definition) is 2. The Morgan fingerprint density at radius 3 is 1.39 bits per heavy atom. The Morgan fingerprint density at radius 1 is 0.607 bits per heavy atom. The molecule has 2 atom stereocenters. The quantitative estimate of drug-likeness (QED) is 0.154. The largest absolute Gasteiger partial charge is 0.393 e. The van der Waals surface area contributed by atoms with Crippen molar-refractivity contribution in [2.75, 3.05) is 0 Å². The zero-order chi connectivity index (χ0) is 21.1. The molecule has 0 spiro atoms. The Morgan fingerprint density at radius 2 is 1.00 bits per heavy atom. The van der Waals surface area contributed by atoms with E-state index in [0.717, 1.165) is 19.3 Å². The fourth-order valence-corrected chi connectivity index (χ4v) is 4.72. The molecule has 0 aliphatic rings. The van der Waals surface area contributed by atoms with Crippen molar-refractivity contribution in [3.8, 4) is 0 Å². The van der Waals surface area contributed by atoms with Gasteiger partial charge in [-0.15, -0.1) is 0 Å². The van der Waals surface area contributed by atoms with Crippen LogP contribution in [0.5, 0.6) is 0 Å². The minimum Gasteiger partial charge on any atom is -0.393 e. The van der Waals surface area contributed by atoms with Crippen LogP contribution in [0.25, 0.3) is 0 Å². The highest BCUT2D eigenvalue weighted by atomic mass is 32.2. The van der Waals surface area contributed by atoms with E-state index in [1.165, 1.54) is 70.6 Å². The summed E-state index contributed by atoms with van der Waals surface area (Å²) in [6.45, 7) is 4.17. The molecule has 0 amide bonds. The summed E-state index contributed by atoms with van der Waals surface area (Å²) in [5, 5.41) is 8.91. The van der Waals surface area contributed by atoms with Gasteiger partial charge >= 0.3 is 0 Å². The van der Waals surface area contributed by atoms with Crippen molar-refractivity contribution in [3.05, 3.63) is 0 Å². The Hall–Kier alpha value is -0.130. The van der Waals surface area contributed by atoms with E-state index in [-0.39, 0.29) is 6.10 Å². The van der Waals surface area contributed by atoms with Crippen LogP contribution in [0.15, 0.2) is 0 Å². The van der Waals surface area contributed by atoms with Gasteiger partial charge < -0.3 is 5.11 Å². The van der Waals surface area contributed by atoms with Gasteiger partial charge in [-0.05, 0) is 32.1 Å². The molecule has 0 bridgehead atoms. The van der Waals surface area contributed by atoms with Crippen LogP contribution in [0.2, 0.25) is 0 Å². The Balaban J connectivity index is 3.57. The number of aliphatic hydroxyl groups is 1. The lowest BCUT2D eigenvalue weighted by Crippen LogP contribution is -2.21. The summed E-state index contributed by atoms with van der Waals surface area (Å²) in [5.74, 6) is 0. The second-order valence-corrected chi connectivity index (χ2v) is 10.2. The number of hydrogen-bond acceptors (Lipinski definition) is 3. The molecule has 0 saturated carbocycles. The molecule has 4 nitrogen and oxygen atoms in total. The smallest absolute Gasteiger partial charge is 0.267 e. The summed E-state index contributed by atoms with van der Waals surface area (Å²) in [6.07, 6.45) is 20.5. The summed E-state index contributed by atoms with van der Waals surface area (Å²) in [7, 11) is -3.97. The summed E-state index contributed by atoms with van der Waals surface area (Å²) >= 11 is 0. The van der Waals surface area contributed by atoms with Crippen molar-refractivity contribution >= 4 is 10.1 Å². The Bertz CT molecular complexity index is 422. The van der Waals surface area contributed by atoms with Crippen LogP contribution < -0.4 is 0 Å². The summed E-state index contributed by atoms with van der Waals surface area (Å²) in [4.78, 5) is 0. The number of aliphatic hydroxyl groups excluding tert-OH is 1. The van der Waals surface area contributed by atoms with E-state index in [2.05, 4.69) is 6.92 Å². The van der Waals surface area contributed by atoms with Gasteiger partial charge in [-0.3, -0.25) is 4.55 Å². The summed E-state index contributed by atoms with van der Waals surface area (Å²) < 4.78 is 32.5. The Labute approximate surface area is 175 Å². The van der Waals surface area contributed by atoms with Crippen LogP contribution in [-0.4, -0.2) is 29.4 Å². The molecule has 0 saturated heterocycles. The molecule has 0 aromatic carbocycles. The lowest BCUT2D eigenvalue weighted by molar-refractivity contribution is 0.156. The van der Waals surface area contributed by atoms with Gasteiger partial charge in [0.05, 0.1) is 11.4 Å². The number of rotatable bonds is 21. The maximum Gasteiger partial charge on any atom is 0.267 e. The lowest BCUT2D eigenvalue weighted by Gasteiger charge is -2.15. The molecule has 0 rings (SSSR count). The fourth-order valence-electron chi connectivity index (χ4n) is 3.79. The standard InChI is InChI=1S/C23H48O4S/c1-3-5-6-7-8-9-10-11-12-13-14-15-16-17-20-23(28(25,26)27)21-18-19-22(24)4-2/h22-24H,3-21H2,1-2H3,(H,25,26,27). The summed E-state index contributed by atoms with van der Waals surface area (Å²) in [5.41, 5.74) is 0. The van der Waals surface area contributed by atoms with Crippen LogP contribution >= 0.6 is 0 Å². The van der Waals surface area contributed by atoms with E-state index in [1.807, 2.05) is 6.92 Å². The van der Waals surface area contributed by atoms with Crippen LogP contribution in [0.4, 0.5) is 0 Å². The third kappa shape index (κ3) is 17.9. The third-order valence-electron chi connectivity index (χ3n) is 5.84. The van der Waals surface area contributed by atoms with E-state index >= 15 is 0 Å². The van der Waals surface area contributed by atoms with Crippen molar-refractivity contribution in [1.82, 2.24) is 0 Å². The average molecular weight is 421 g/mol. The van der Waals surface area contributed by atoms with Gasteiger partial charge in [0.15, 0.2) is 0 Å². The molecule has 0 heterocycles. The second-order valence-electron chi connectivity index (χ2n) is 8.51. The number of unbranched alkanes of at least 4 members (excludes halogenated alkanes) is 13. The van der Waals surface area contributed by atoms with E-state index in [0.29, 0.717) is 32.1 Å². The molecule has 5 heteroatoms. The van der Waals surface area contributed by atoms with E-state index in [4.69, 9.17) is 0 Å². The maximum atomic E-state index is 11.5. The third-order valence-corrected chi connectivity index (χ3v) is 7.15. The van der Waals surface area contributed by atoms with Gasteiger partial charge in [0.1, 0.15) is 0 Å². The highest BCUT2D eigenvalue weighted by Crippen LogP contribution is 2.19. The first-order valence-electron chi connectivity index (χ1n) is 12.1. The molecule has 2 N–H and O–H groups in total. The minimum absolute atomic E-state index is 0.358. The predicted octanol–water partition coefficient (Wildman–Crippen LogP) is 7.06. The van der Waals surface area contributed by atoms with Gasteiger partial charge in [0, 0.05) is 0 Å². The molecular weight excluding hydrogens is 372 g/mol. The van der Waals surface area contributed by atoms with E-state index < -0.39 is 15.4 Å². The first kappa shape index (κ1) is 27.9. The monoisotopic (exact) mass is 420 g/mol. The molecule has 0 aliphatic carbocycles. The van der Waals surface area contributed by atoms with E-state index in [1.54, 1.807) is 0 Å². The average Bonchev–Trinajstić information content (AvgIpc) is 2.65. The first-order valence-corrected chi connectivity index (χ1v) is 13.6. The topological polar surface area (TPSA) is 74.6 Å².